The summed E-state index contributed by atoms with van der Waals surface area (Å²) in [7, 11) is -3.59. The molecule has 2 N–H and O–H groups in total. The fourth-order valence-corrected chi connectivity index (χ4v) is 3.46. The first-order valence-electron chi connectivity index (χ1n) is 6.69. The van der Waals surface area contributed by atoms with Gasteiger partial charge in [0.15, 0.2) is 0 Å². The monoisotopic (exact) mass is 340 g/mol. The van der Waals surface area contributed by atoms with Gasteiger partial charge in [-0.15, -0.1) is 10.2 Å². The van der Waals surface area contributed by atoms with Gasteiger partial charge in [-0.3, -0.25) is 10.1 Å². The van der Waals surface area contributed by atoms with Crippen molar-refractivity contribution in [1.82, 2.24) is 14.9 Å². The molecule has 0 saturated carbocycles. The van der Waals surface area contributed by atoms with E-state index in [1.165, 1.54) is 29.5 Å². The lowest BCUT2D eigenvalue weighted by Crippen LogP contribution is -2.23. The van der Waals surface area contributed by atoms with E-state index >= 15 is 0 Å². The van der Waals surface area contributed by atoms with Gasteiger partial charge in [-0.05, 0) is 24.6 Å². The first-order valence-corrected chi connectivity index (χ1v) is 8.99. The van der Waals surface area contributed by atoms with Crippen LogP contribution >= 0.6 is 11.3 Å². The Kier molecular flexibility index (Phi) is 5.22. The van der Waals surface area contributed by atoms with E-state index < -0.39 is 15.9 Å². The maximum atomic E-state index is 12.2. The van der Waals surface area contributed by atoms with Crippen molar-refractivity contribution in [2.45, 2.75) is 25.2 Å². The van der Waals surface area contributed by atoms with Gasteiger partial charge in [-0.1, -0.05) is 31.3 Å². The minimum absolute atomic E-state index is 0.0495. The van der Waals surface area contributed by atoms with Gasteiger partial charge in [0.25, 0.3) is 5.91 Å². The highest BCUT2D eigenvalue weighted by Gasteiger charge is 2.16. The molecule has 0 saturated heterocycles. The smallest absolute Gasteiger partial charge is 0.257 e. The summed E-state index contributed by atoms with van der Waals surface area (Å²) in [5, 5.41) is 11.6. The van der Waals surface area contributed by atoms with Crippen LogP contribution in [0.4, 0.5) is 5.13 Å². The van der Waals surface area contributed by atoms with E-state index in [1.807, 2.05) is 6.92 Å². The Hall–Kier alpha value is -1.84. The van der Waals surface area contributed by atoms with Crippen LogP contribution in [0, 0.1) is 0 Å². The third-order valence-electron chi connectivity index (χ3n) is 2.73. The van der Waals surface area contributed by atoms with Gasteiger partial charge in [-0.2, -0.15) is 0 Å². The van der Waals surface area contributed by atoms with Crippen LogP contribution in [0.1, 0.15) is 29.2 Å². The molecule has 0 atom stereocenters. The zero-order chi connectivity index (χ0) is 16.2. The molecule has 7 nitrogen and oxygen atoms in total. The van der Waals surface area contributed by atoms with E-state index in [0.29, 0.717) is 5.13 Å². The maximum absolute atomic E-state index is 12.2. The summed E-state index contributed by atoms with van der Waals surface area (Å²) in [5.41, 5.74) is 0.243. The van der Waals surface area contributed by atoms with Crippen molar-refractivity contribution in [3.63, 3.8) is 0 Å². The van der Waals surface area contributed by atoms with Crippen molar-refractivity contribution in [1.29, 1.82) is 0 Å². The molecule has 1 aromatic carbocycles. The van der Waals surface area contributed by atoms with Gasteiger partial charge in [0.1, 0.15) is 5.01 Å². The van der Waals surface area contributed by atoms with Gasteiger partial charge < -0.3 is 0 Å². The van der Waals surface area contributed by atoms with E-state index in [4.69, 9.17) is 0 Å². The van der Waals surface area contributed by atoms with Crippen molar-refractivity contribution in [3.8, 4) is 0 Å². The molecule has 2 aromatic rings. The molecule has 0 aliphatic heterocycles. The minimum atomic E-state index is -3.59. The second kappa shape index (κ2) is 6.95. The summed E-state index contributed by atoms with van der Waals surface area (Å²) in [6.07, 6.45) is 0.740. The number of carbonyl (C=O) groups excluding carboxylic acids is 1. The topological polar surface area (TPSA) is 101 Å². The lowest BCUT2D eigenvalue weighted by molar-refractivity contribution is 0.102. The van der Waals surface area contributed by atoms with Crippen LogP contribution in [-0.2, 0) is 16.4 Å². The summed E-state index contributed by atoms with van der Waals surface area (Å²) in [6.45, 7) is 3.92. The van der Waals surface area contributed by atoms with Crippen LogP contribution in [0.25, 0.3) is 0 Å². The predicted octanol–water partition coefficient (Wildman–Crippen LogP) is 1.65. The maximum Gasteiger partial charge on any atom is 0.257 e. The Bertz CT molecular complexity index is 771. The molecule has 0 unspecified atom stereocenters. The zero-order valence-corrected chi connectivity index (χ0v) is 13.8. The summed E-state index contributed by atoms with van der Waals surface area (Å²) in [6, 6.07) is 5.84. The van der Waals surface area contributed by atoms with Crippen molar-refractivity contribution < 1.29 is 13.2 Å². The predicted molar refractivity (Wildman–Crippen MR) is 84.5 cm³/mol. The lowest BCUT2D eigenvalue weighted by Gasteiger charge is -2.06. The molecule has 0 bridgehead atoms. The first-order chi connectivity index (χ1) is 10.5. The second-order valence-electron chi connectivity index (χ2n) is 4.34. The highest BCUT2D eigenvalue weighted by molar-refractivity contribution is 7.89. The normalized spacial score (nSPS) is 11.4. The molecule has 9 heteroatoms. The number of nitrogens with one attached hydrogen (secondary N) is 2. The van der Waals surface area contributed by atoms with E-state index in [-0.39, 0.29) is 17.0 Å². The molecular formula is C13H16N4O3S2. The lowest BCUT2D eigenvalue weighted by atomic mass is 10.2. The fourth-order valence-electron chi connectivity index (χ4n) is 1.69. The molecule has 0 spiro atoms. The number of hydrogen-bond acceptors (Lipinski definition) is 6. The fraction of sp³-hybridized carbons (Fsp3) is 0.308. The Labute approximate surface area is 132 Å². The van der Waals surface area contributed by atoms with Gasteiger partial charge in [0.05, 0.1) is 4.90 Å². The van der Waals surface area contributed by atoms with E-state index in [0.717, 1.165) is 11.4 Å². The van der Waals surface area contributed by atoms with Crippen molar-refractivity contribution in [2.24, 2.45) is 0 Å². The molecule has 0 fully saturated rings. The third-order valence-corrected chi connectivity index (χ3v) is 5.26. The Balaban J connectivity index is 2.20. The third kappa shape index (κ3) is 3.87. The molecule has 0 radical (unpaired) electrons. The average molecular weight is 340 g/mol. The Morgan fingerprint density at radius 2 is 2.05 bits per heavy atom. The van der Waals surface area contributed by atoms with Crippen LogP contribution in [0.3, 0.4) is 0 Å². The number of aromatic nitrogens is 2. The summed E-state index contributed by atoms with van der Waals surface area (Å²) in [5.74, 6) is -0.424. The number of anilines is 1. The highest BCUT2D eigenvalue weighted by atomic mass is 32.2. The van der Waals surface area contributed by atoms with Gasteiger partial charge in [-0.25, -0.2) is 13.1 Å². The largest absolute Gasteiger partial charge is 0.296 e. The molecule has 0 aliphatic carbocycles. The first kappa shape index (κ1) is 16.5. The van der Waals surface area contributed by atoms with E-state index in [1.54, 1.807) is 13.0 Å². The van der Waals surface area contributed by atoms with Crippen LogP contribution < -0.4 is 10.0 Å². The summed E-state index contributed by atoms with van der Waals surface area (Å²) >= 11 is 1.29. The van der Waals surface area contributed by atoms with Crippen LogP contribution in [0.2, 0.25) is 0 Å². The molecular weight excluding hydrogens is 324 g/mol. The molecule has 22 heavy (non-hydrogen) atoms. The number of benzene rings is 1. The molecule has 2 rings (SSSR count). The summed E-state index contributed by atoms with van der Waals surface area (Å²) in [4.78, 5) is 12.2. The van der Waals surface area contributed by atoms with Crippen LogP contribution in [0.15, 0.2) is 29.2 Å². The SMILES string of the molecule is CCNS(=O)(=O)c1cccc(C(=O)Nc2nnc(CC)s2)c1. The van der Waals surface area contributed by atoms with E-state index in [9.17, 15) is 13.2 Å². The zero-order valence-electron chi connectivity index (χ0n) is 12.2. The van der Waals surface area contributed by atoms with Gasteiger partial charge in [0.2, 0.25) is 15.2 Å². The average Bonchev–Trinajstić information content (AvgIpc) is 2.95. The highest BCUT2D eigenvalue weighted by Crippen LogP contribution is 2.17. The number of rotatable bonds is 6. The number of amides is 1. The van der Waals surface area contributed by atoms with E-state index in [2.05, 4.69) is 20.2 Å². The van der Waals surface area contributed by atoms with Crippen molar-refractivity contribution in [3.05, 3.63) is 34.8 Å². The molecule has 1 aromatic heterocycles. The standard InChI is InChI=1S/C13H16N4O3S2/c1-3-11-16-17-13(21-11)15-12(18)9-6-5-7-10(8-9)22(19,20)14-4-2/h5-8,14H,3-4H2,1-2H3,(H,15,17,18). The Morgan fingerprint density at radius 1 is 1.27 bits per heavy atom. The molecule has 1 heterocycles. The van der Waals surface area contributed by atoms with Crippen LogP contribution in [-0.4, -0.2) is 31.1 Å². The quantitative estimate of drug-likeness (QED) is 0.832. The number of hydrogen-bond donors (Lipinski definition) is 2. The number of sulfonamides is 1. The molecule has 0 aliphatic rings. The van der Waals surface area contributed by atoms with Crippen molar-refractivity contribution >= 4 is 32.4 Å². The number of aryl methyl sites for hydroxylation is 1. The number of carbonyl (C=O) groups is 1. The number of nitrogens with zero attached hydrogens (tertiary/aromatic N) is 2. The van der Waals surface area contributed by atoms with Gasteiger partial charge in [0, 0.05) is 12.1 Å². The minimum Gasteiger partial charge on any atom is -0.296 e. The van der Waals surface area contributed by atoms with Crippen molar-refractivity contribution in [2.75, 3.05) is 11.9 Å². The molecule has 118 valence electrons. The van der Waals surface area contributed by atoms with Gasteiger partial charge >= 0.3 is 0 Å². The summed E-state index contributed by atoms with van der Waals surface area (Å²) < 4.78 is 26.3. The molecule has 1 amide bonds. The van der Waals surface area contributed by atoms with Crippen LogP contribution in [0.5, 0.6) is 0 Å². The Morgan fingerprint density at radius 3 is 2.68 bits per heavy atom. The second-order valence-corrected chi connectivity index (χ2v) is 7.17.